The Morgan fingerprint density at radius 3 is 2.47 bits per heavy atom. The molecule has 1 amide bonds. The van der Waals surface area contributed by atoms with E-state index in [0.717, 1.165) is 45.0 Å². The van der Waals surface area contributed by atoms with Crippen LogP contribution in [0.2, 0.25) is 0 Å². The van der Waals surface area contributed by atoms with Crippen molar-refractivity contribution in [3.8, 4) is 5.75 Å². The zero-order valence-electron chi connectivity index (χ0n) is 18.3. The van der Waals surface area contributed by atoms with Crippen molar-refractivity contribution in [3.05, 3.63) is 29.8 Å². The molecule has 1 aliphatic rings. The summed E-state index contributed by atoms with van der Waals surface area (Å²) < 4.78 is 10.8. The molecule has 2 rings (SSSR count). The Morgan fingerprint density at radius 2 is 1.87 bits per heavy atom. The van der Waals surface area contributed by atoms with E-state index in [1.54, 1.807) is 14.2 Å². The maximum atomic E-state index is 11.7. The van der Waals surface area contributed by atoms with E-state index >= 15 is 0 Å². The molecule has 0 aliphatic carbocycles. The number of halogens is 1. The minimum atomic E-state index is 0. The van der Waals surface area contributed by atoms with Crippen LogP contribution in [0.25, 0.3) is 0 Å². The summed E-state index contributed by atoms with van der Waals surface area (Å²) in [4.78, 5) is 18.4. The lowest BCUT2D eigenvalue weighted by Crippen LogP contribution is -2.46. The molecule has 0 radical (unpaired) electrons. The van der Waals surface area contributed by atoms with E-state index in [-0.39, 0.29) is 35.9 Å². The molecule has 8 nitrogen and oxygen atoms in total. The number of benzene rings is 1. The first-order chi connectivity index (χ1) is 14.2. The number of morpholine rings is 1. The molecule has 1 fully saturated rings. The third kappa shape index (κ3) is 9.05. The number of hydrogen-bond donors (Lipinski definition) is 3. The summed E-state index contributed by atoms with van der Waals surface area (Å²) >= 11 is 0. The lowest BCUT2D eigenvalue weighted by molar-refractivity contribution is -0.120. The molecular formula is C21H36IN5O3. The fourth-order valence-corrected chi connectivity index (χ4v) is 3.23. The first-order valence-corrected chi connectivity index (χ1v) is 10.3. The summed E-state index contributed by atoms with van der Waals surface area (Å²) in [6.45, 7) is 7.27. The average molecular weight is 533 g/mol. The molecule has 170 valence electrons. The van der Waals surface area contributed by atoms with Crippen LogP contribution in [-0.4, -0.2) is 76.9 Å². The largest absolute Gasteiger partial charge is 0.497 e. The molecule has 1 atom stereocenters. The zero-order chi connectivity index (χ0) is 20.9. The minimum Gasteiger partial charge on any atom is -0.497 e. The van der Waals surface area contributed by atoms with Gasteiger partial charge in [-0.05, 0) is 24.1 Å². The lowest BCUT2D eigenvalue weighted by atomic mass is 10.0. The molecule has 0 aromatic heterocycles. The quantitative estimate of drug-likeness (QED) is 0.242. The molecule has 0 bridgehead atoms. The van der Waals surface area contributed by atoms with Gasteiger partial charge in [0.1, 0.15) is 5.75 Å². The van der Waals surface area contributed by atoms with Crippen LogP contribution >= 0.6 is 24.0 Å². The Kier molecular flexibility index (Phi) is 13.4. The van der Waals surface area contributed by atoms with Gasteiger partial charge in [0, 0.05) is 46.2 Å². The number of ether oxygens (including phenoxy) is 2. The third-order valence-electron chi connectivity index (χ3n) is 4.89. The summed E-state index contributed by atoms with van der Waals surface area (Å²) in [6, 6.07) is 8.38. The Balaban J connectivity index is 0.00000450. The van der Waals surface area contributed by atoms with Crippen LogP contribution in [0.15, 0.2) is 29.3 Å². The van der Waals surface area contributed by atoms with E-state index in [0.29, 0.717) is 25.5 Å². The average Bonchev–Trinajstić information content (AvgIpc) is 2.77. The number of hydrogen-bond acceptors (Lipinski definition) is 5. The van der Waals surface area contributed by atoms with Gasteiger partial charge in [-0.25, -0.2) is 0 Å². The van der Waals surface area contributed by atoms with E-state index in [9.17, 15) is 4.79 Å². The van der Waals surface area contributed by atoms with Gasteiger partial charge in [0.05, 0.1) is 26.4 Å². The second-order valence-corrected chi connectivity index (χ2v) is 6.92. The van der Waals surface area contributed by atoms with E-state index < -0.39 is 0 Å². The molecule has 1 saturated heterocycles. The standard InChI is InChI=1S/C21H35N5O3.HI/c1-4-10-23-20(27)9-11-24-21(22-2)25-16-19(26-12-14-29-15-13-26)17-5-7-18(28-3)8-6-17;/h5-8,19H,4,9-16H2,1-3H3,(H,23,27)(H2,22,24,25);1H. The Hall–Kier alpha value is -1.59. The van der Waals surface area contributed by atoms with Crippen LogP contribution in [0.3, 0.4) is 0 Å². The van der Waals surface area contributed by atoms with Crippen LogP contribution in [0, 0.1) is 0 Å². The van der Waals surface area contributed by atoms with E-state index in [1.165, 1.54) is 5.56 Å². The van der Waals surface area contributed by atoms with E-state index in [4.69, 9.17) is 9.47 Å². The second-order valence-electron chi connectivity index (χ2n) is 6.92. The highest BCUT2D eigenvalue weighted by Gasteiger charge is 2.23. The predicted molar refractivity (Wildman–Crippen MR) is 131 cm³/mol. The number of methoxy groups -OCH3 is 1. The molecule has 0 saturated carbocycles. The van der Waals surface area contributed by atoms with Crippen molar-refractivity contribution < 1.29 is 14.3 Å². The highest BCUT2D eigenvalue weighted by molar-refractivity contribution is 14.0. The van der Waals surface area contributed by atoms with Crippen molar-refractivity contribution in [2.75, 3.05) is 60.1 Å². The molecule has 1 aliphatic heterocycles. The minimum absolute atomic E-state index is 0. The van der Waals surface area contributed by atoms with Crippen LogP contribution in [0.5, 0.6) is 5.75 Å². The van der Waals surface area contributed by atoms with E-state index in [2.05, 4.69) is 38.0 Å². The topological polar surface area (TPSA) is 87.2 Å². The van der Waals surface area contributed by atoms with Crippen LogP contribution in [0.4, 0.5) is 0 Å². The molecule has 3 N–H and O–H groups in total. The van der Waals surface area contributed by atoms with Gasteiger partial charge in [-0.2, -0.15) is 0 Å². The zero-order valence-corrected chi connectivity index (χ0v) is 20.6. The predicted octanol–water partition coefficient (Wildman–Crippen LogP) is 1.77. The van der Waals surface area contributed by atoms with Crippen molar-refractivity contribution in [2.45, 2.75) is 25.8 Å². The first-order valence-electron chi connectivity index (χ1n) is 10.3. The van der Waals surface area contributed by atoms with Crippen molar-refractivity contribution in [3.63, 3.8) is 0 Å². The Morgan fingerprint density at radius 1 is 1.17 bits per heavy atom. The highest BCUT2D eigenvalue weighted by atomic mass is 127. The van der Waals surface area contributed by atoms with Crippen LogP contribution < -0.4 is 20.7 Å². The summed E-state index contributed by atoms with van der Waals surface area (Å²) in [5, 5.41) is 9.50. The van der Waals surface area contributed by atoms with Crippen LogP contribution in [0.1, 0.15) is 31.4 Å². The Labute approximate surface area is 197 Å². The highest BCUT2D eigenvalue weighted by Crippen LogP contribution is 2.23. The lowest BCUT2D eigenvalue weighted by Gasteiger charge is -2.35. The number of aliphatic imine (C=N–C) groups is 1. The molecule has 9 heteroatoms. The molecule has 0 spiro atoms. The smallest absolute Gasteiger partial charge is 0.221 e. The summed E-state index contributed by atoms with van der Waals surface area (Å²) in [7, 11) is 3.41. The van der Waals surface area contributed by atoms with Gasteiger partial charge in [0.25, 0.3) is 0 Å². The number of nitrogens with zero attached hydrogens (tertiary/aromatic N) is 2. The molecule has 30 heavy (non-hydrogen) atoms. The molecular weight excluding hydrogens is 497 g/mol. The van der Waals surface area contributed by atoms with Gasteiger partial charge >= 0.3 is 0 Å². The third-order valence-corrected chi connectivity index (χ3v) is 4.89. The van der Waals surface area contributed by atoms with Gasteiger partial charge in [0.2, 0.25) is 5.91 Å². The Bertz CT molecular complexity index is 636. The van der Waals surface area contributed by atoms with Crippen molar-refractivity contribution >= 4 is 35.8 Å². The molecule has 1 aromatic rings. The maximum Gasteiger partial charge on any atom is 0.221 e. The number of guanidine groups is 1. The summed E-state index contributed by atoms with van der Waals surface area (Å²) in [5.74, 6) is 1.60. The number of amides is 1. The SMILES string of the molecule is CCCNC(=O)CCNC(=NC)NCC(c1ccc(OC)cc1)N1CCOCC1.I. The van der Waals surface area contributed by atoms with Crippen molar-refractivity contribution in [1.82, 2.24) is 20.9 Å². The molecule has 1 heterocycles. The van der Waals surface area contributed by atoms with Gasteiger partial charge < -0.3 is 25.4 Å². The fourth-order valence-electron chi connectivity index (χ4n) is 3.23. The number of carbonyl (C=O) groups excluding carboxylic acids is 1. The van der Waals surface area contributed by atoms with Gasteiger partial charge in [-0.15, -0.1) is 24.0 Å². The summed E-state index contributed by atoms with van der Waals surface area (Å²) in [5.41, 5.74) is 1.22. The van der Waals surface area contributed by atoms with Gasteiger partial charge in [0.15, 0.2) is 5.96 Å². The summed E-state index contributed by atoms with van der Waals surface area (Å²) in [6.07, 6.45) is 1.36. The fraction of sp³-hybridized carbons (Fsp3) is 0.619. The number of nitrogens with one attached hydrogen (secondary N) is 3. The van der Waals surface area contributed by atoms with Gasteiger partial charge in [-0.3, -0.25) is 14.7 Å². The molecule has 1 aromatic carbocycles. The number of carbonyl (C=O) groups is 1. The van der Waals surface area contributed by atoms with Crippen molar-refractivity contribution in [2.24, 2.45) is 4.99 Å². The van der Waals surface area contributed by atoms with Crippen LogP contribution in [-0.2, 0) is 9.53 Å². The normalized spacial score (nSPS) is 15.6. The second kappa shape index (κ2) is 15.2. The molecule has 1 unspecified atom stereocenters. The maximum absolute atomic E-state index is 11.7. The number of rotatable bonds is 10. The monoisotopic (exact) mass is 533 g/mol. The first kappa shape index (κ1) is 26.4. The van der Waals surface area contributed by atoms with Gasteiger partial charge in [-0.1, -0.05) is 19.1 Å². The van der Waals surface area contributed by atoms with Crippen molar-refractivity contribution in [1.29, 1.82) is 0 Å². The van der Waals surface area contributed by atoms with E-state index in [1.807, 2.05) is 19.1 Å².